The van der Waals surface area contributed by atoms with Gasteiger partial charge in [0.25, 0.3) is 5.91 Å². The molecule has 1 amide bonds. The zero-order valence-corrected chi connectivity index (χ0v) is 23.4. The Kier molecular flexibility index (Phi) is 8.84. The van der Waals surface area contributed by atoms with Crippen LogP contribution in [-0.4, -0.2) is 72.3 Å². The number of carbonyl (C=O) groups excluding carboxylic acids is 1. The van der Waals surface area contributed by atoms with Crippen molar-refractivity contribution in [1.82, 2.24) is 24.1 Å². The minimum atomic E-state index is -3.70. The first kappa shape index (κ1) is 28.3. The molecule has 3 aromatic rings. The number of amides is 1. The molecule has 1 aromatic heterocycles. The minimum absolute atomic E-state index is 0.100. The number of aromatic nitrogens is 2. The van der Waals surface area contributed by atoms with Gasteiger partial charge in [0.2, 0.25) is 10.0 Å². The number of benzene rings is 2. The predicted octanol–water partition coefficient (Wildman–Crippen LogP) is 2.21. The van der Waals surface area contributed by atoms with Crippen LogP contribution >= 0.6 is 0 Å². The fraction of sp³-hybridized carbons (Fsp3) is 0.448. The van der Waals surface area contributed by atoms with E-state index in [0.29, 0.717) is 56.8 Å². The molecule has 1 aliphatic heterocycles. The van der Waals surface area contributed by atoms with Gasteiger partial charge in [0.05, 0.1) is 22.7 Å². The van der Waals surface area contributed by atoms with Crippen LogP contribution in [0.15, 0.2) is 70.4 Å². The Morgan fingerprint density at radius 3 is 2.30 bits per heavy atom. The van der Waals surface area contributed by atoms with Gasteiger partial charge in [0, 0.05) is 44.8 Å². The monoisotopic (exact) mass is 567 g/mol. The number of hydrogen-bond donors (Lipinski definition) is 3. The van der Waals surface area contributed by atoms with Crippen molar-refractivity contribution in [2.24, 2.45) is 0 Å². The highest BCUT2D eigenvalue weighted by Crippen LogP contribution is 2.34. The van der Waals surface area contributed by atoms with Crippen LogP contribution < -0.4 is 15.7 Å². The van der Waals surface area contributed by atoms with Crippen molar-refractivity contribution >= 4 is 15.9 Å². The van der Waals surface area contributed by atoms with Crippen LogP contribution in [0.4, 0.5) is 0 Å². The highest BCUT2D eigenvalue weighted by molar-refractivity contribution is 7.89. The summed E-state index contributed by atoms with van der Waals surface area (Å²) >= 11 is 0. The molecule has 2 heterocycles. The van der Waals surface area contributed by atoms with Crippen LogP contribution in [0.2, 0.25) is 0 Å². The number of sulfonamides is 1. The van der Waals surface area contributed by atoms with Gasteiger partial charge < -0.3 is 15.3 Å². The molecule has 1 unspecified atom stereocenters. The maximum Gasteiger partial charge on any atom is 0.329 e. The lowest BCUT2D eigenvalue weighted by Crippen LogP contribution is -2.47. The fourth-order valence-corrected chi connectivity index (χ4v) is 6.80. The van der Waals surface area contributed by atoms with Gasteiger partial charge in [-0.05, 0) is 31.4 Å². The van der Waals surface area contributed by atoms with E-state index in [0.717, 1.165) is 18.4 Å². The van der Waals surface area contributed by atoms with Crippen molar-refractivity contribution < 1.29 is 18.3 Å². The van der Waals surface area contributed by atoms with Crippen molar-refractivity contribution in [2.45, 2.75) is 55.7 Å². The van der Waals surface area contributed by atoms with Crippen molar-refractivity contribution in [3.63, 3.8) is 0 Å². The van der Waals surface area contributed by atoms with Crippen LogP contribution in [0, 0.1) is 0 Å². The molecule has 40 heavy (non-hydrogen) atoms. The molecule has 1 saturated carbocycles. The molecule has 0 bridgehead atoms. The highest BCUT2D eigenvalue weighted by Gasteiger charge is 2.35. The first-order valence-electron chi connectivity index (χ1n) is 14.0. The van der Waals surface area contributed by atoms with Crippen LogP contribution in [0.3, 0.4) is 0 Å². The lowest BCUT2D eigenvalue weighted by molar-refractivity contribution is 0.0719. The molecule has 0 spiro atoms. The number of imidazole rings is 1. The van der Waals surface area contributed by atoms with E-state index in [-0.39, 0.29) is 29.6 Å². The first-order valence-corrected chi connectivity index (χ1v) is 15.5. The summed E-state index contributed by atoms with van der Waals surface area (Å²) in [5.74, 6) is -0.230. The van der Waals surface area contributed by atoms with Crippen molar-refractivity contribution in [3.8, 4) is 11.3 Å². The van der Waals surface area contributed by atoms with Crippen LogP contribution in [0.25, 0.3) is 11.3 Å². The molecular formula is C29H37N5O5S. The zero-order chi connectivity index (χ0) is 28.1. The Balaban J connectivity index is 1.53. The summed E-state index contributed by atoms with van der Waals surface area (Å²) in [6.45, 7) is 2.63. The van der Waals surface area contributed by atoms with Gasteiger partial charge >= 0.3 is 5.69 Å². The molecule has 11 heteroatoms. The summed E-state index contributed by atoms with van der Waals surface area (Å²) < 4.78 is 31.1. The molecule has 5 rings (SSSR count). The number of hydrogen-bond acceptors (Lipinski definition) is 6. The predicted molar refractivity (Wildman–Crippen MR) is 153 cm³/mol. The maximum atomic E-state index is 14.1. The number of nitrogens with one attached hydrogen (secondary N) is 2. The molecule has 0 radical (unpaired) electrons. The van der Waals surface area contributed by atoms with Gasteiger partial charge in [-0.2, -0.15) is 0 Å². The number of piperazine rings is 1. The van der Waals surface area contributed by atoms with Gasteiger partial charge in [-0.1, -0.05) is 61.4 Å². The Labute approximate surface area is 234 Å². The molecule has 1 saturated heterocycles. The van der Waals surface area contributed by atoms with Crippen LogP contribution in [-0.2, 0) is 16.6 Å². The largest absolute Gasteiger partial charge is 0.391 e. The Hall–Kier alpha value is -3.25. The third-order valence-electron chi connectivity index (χ3n) is 7.76. The van der Waals surface area contributed by atoms with Crippen LogP contribution in [0.1, 0.15) is 48.6 Å². The normalized spacial score (nSPS) is 20.0. The number of rotatable bonds is 9. The second-order valence-electron chi connectivity index (χ2n) is 10.4. The van der Waals surface area contributed by atoms with Gasteiger partial charge in [-0.25, -0.2) is 17.9 Å². The molecular weight excluding hydrogens is 530 g/mol. The van der Waals surface area contributed by atoms with E-state index in [1.165, 1.54) is 16.7 Å². The van der Waals surface area contributed by atoms with E-state index in [9.17, 15) is 23.1 Å². The SMILES string of the molecule is O=C(c1c(-c2ccccc2)n(C2CCCC[C@H]2O)c(=O)n1CCCNS(=O)(=O)c1ccccc1)N1CCNCC1. The quantitative estimate of drug-likeness (QED) is 0.341. The van der Waals surface area contributed by atoms with Gasteiger partial charge in [-0.15, -0.1) is 0 Å². The highest BCUT2D eigenvalue weighted by atomic mass is 32.2. The Morgan fingerprint density at radius 1 is 0.975 bits per heavy atom. The molecule has 10 nitrogen and oxygen atoms in total. The zero-order valence-electron chi connectivity index (χ0n) is 22.5. The standard InChI is InChI=1S/C29H37N5O5S/c35-25-15-8-7-14-24(25)34-26(22-10-3-1-4-11-22)27(28(36)32-20-17-30-18-21-32)33(29(34)37)19-9-16-31-40(38,39)23-12-5-2-6-13-23/h1-6,10-13,24-25,30-31,35H,7-9,14-21H2/t24?,25-/m1/s1. The lowest BCUT2D eigenvalue weighted by Gasteiger charge is -2.30. The lowest BCUT2D eigenvalue weighted by atomic mass is 9.92. The number of aliphatic hydroxyl groups is 1. The van der Waals surface area contributed by atoms with Crippen molar-refractivity contribution in [1.29, 1.82) is 0 Å². The number of carbonyl (C=O) groups is 1. The minimum Gasteiger partial charge on any atom is -0.391 e. The van der Waals surface area contributed by atoms with Gasteiger partial charge in [0.1, 0.15) is 5.69 Å². The number of nitrogens with zero attached hydrogens (tertiary/aromatic N) is 3. The number of aliphatic hydroxyl groups excluding tert-OH is 1. The maximum absolute atomic E-state index is 14.1. The summed E-state index contributed by atoms with van der Waals surface area (Å²) in [5, 5.41) is 14.2. The van der Waals surface area contributed by atoms with E-state index < -0.39 is 22.2 Å². The average Bonchev–Trinajstić information content (AvgIpc) is 3.28. The molecule has 1 aliphatic carbocycles. The molecule has 2 aliphatic rings. The third-order valence-corrected chi connectivity index (χ3v) is 9.23. The molecule has 2 aromatic carbocycles. The first-order chi connectivity index (χ1) is 19.4. The van der Waals surface area contributed by atoms with Crippen molar-refractivity contribution in [3.05, 3.63) is 76.8 Å². The molecule has 2 atom stereocenters. The summed E-state index contributed by atoms with van der Waals surface area (Å²) in [6, 6.07) is 17.1. The Bertz CT molecular complexity index is 1460. The van der Waals surface area contributed by atoms with Crippen molar-refractivity contribution in [2.75, 3.05) is 32.7 Å². The molecule has 3 N–H and O–H groups in total. The second kappa shape index (κ2) is 12.5. The average molecular weight is 568 g/mol. The fourth-order valence-electron chi connectivity index (χ4n) is 5.70. The smallest absolute Gasteiger partial charge is 0.329 e. The van der Waals surface area contributed by atoms with E-state index in [4.69, 9.17) is 0 Å². The Morgan fingerprint density at radius 2 is 1.62 bits per heavy atom. The van der Waals surface area contributed by atoms with E-state index in [1.54, 1.807) is 27.7 Å². The molecule has 2 fully saturated rings. The second-order valence-corrected chi connectivity index (χ2v) is 12.2. The van der Waals surface area contributed by atoms with Gasteiger partial charge in [0.15, 0.2) is 0 Å². The van der Waals surface area contributed by atoms with E-state index >= 15 is 0 Å². The molecule has 214 valence electrons. The van der Waals surface area contributed by atoms with Crippen LogP contribution in [0.5, 0.6) is 0 Å². The summed E-state index contributed by atoms with van der Waals surface area (Å²) in [7, 11) is -3.70. The van der Waals surface area contributed by atoms with Gasteiger partial charge in [-0.3, -0.25) is 13.9 Å². The summed E-state index contributed by atoms with van der Waals surface area (Å²) in [5.41, 5.74) is 1.19. The third kappa shape index (κ3) is 5.92. The summed E-state index contributed by atoms with van der Waals surface area (Å²) in [4.78, 5) is 30.1. The van der Waals surface area contributed by atoms with E-state index in [2.05, 4.69) is 10.0 Å². The topological polar surface area (TPSA) is 126 Å². The van der Waals surface area contributed by atoms with E-state index in [1.807, 2.05) is 30.3 Å². The summed E-state index contributed by atoms with van der Waals surface area (Å²) in [6.07, 6.45) is 2.63.